The summed E-state index contributed by atoms with van der Waals surface area (Å²) in [6.45, 7) is 7.94. The molecule has 1 aliphatic rings. The molecule has 0 saturated carbocycles. The van der Waals surface area contributed by atoms with Gasteiger partial charge in [-0.05, 0) is 33.8 Å². The highest BCUT2D eigenvalue weighted by atomic mass is 35.5. The van der Waals surface area contributed by atoms with E-state index >= 15 is 0 Å². The quantitative estimate of drug-likeness (QED) is 0.774. The van der Waals surface area contributed by atoms with E-state index in [0.29, 0.717) is 16.3 Å². The Labute approximate surface area is 107 Å². The molecule has 0 atom stereocenters. The zero-order chi connectivity index (χ0) is 12.8. The fourth-order valence-electron chi connectivity index (χ4n) is 1.62. The predicted octanol–water partition coefficient (Wildman–Crippen LogP) is 1.62. The molecule has 0 aromatic carbocycles. The first-order chi connectivity index (χ1) is 7.73. The molecule has 2 heterocycles. The zero-order valence-corrected chi connectivity index (χ0v) is 11.2. The van der Waals surface area contributed by atoms with Crippen LogP contribution < -0.4 is 11.3 Å². The number of rotatable bonds is 1. The molecule has 1 aromatic rings. The molecule has 0 spiro atoms. The molecule has 1 aliphatic heterocycles. The van der Waals surface area contributed by atoms with Gasteiger partial charge in [-0.2, -0.15) is 0 Å². The van der Waals surface area contributed by atoms with Gasteiger partial charge in [-0.15, -0.1) is 0 Å². The summed E-state index contributed by atoms with van der Waals surface area (Å²) in [6.07, 6.45) is 1.54. The Balaban J connectivity index is 2.32. The third-order valence-corrected chi connectivity index (χ3v) is 3.60. The van der Waals surface area contributed by atoms with Gasteiger partial charge in [0, 0.05) is 6.20 Å². The summed E-state index contributed by atoms with van der Waals surface area (Å²) in [6, 6.07) is 1.65. The van der Waals surface area contributed by atoms with Crippen molar-refractivity contribution in [2.75, 3.05) is 5.73 Å². The van der Waals surface area contributed by atoms with Crippen molar-refractivity contribution < 1.29 is 9.31 Å². The SMILES string of the molecule is CC1(C)OB(c2ncc(Cl)cc2N)OC1(C)C. The summed E-state index contributed by atoms with van der Waals surface area (Å²) < 4.78 is 11.7. The smallest absolute Gasteiger partial charge is 0.398 e. The van der Waals surface area contributed by atoms with Gasteiger partial charge in [-0.3, -0.25) is 4.98 Å². The molecule has 4 nitrogen and oxygen atoms in total. The molecule has 0 amide bonds. The highest BCUT2D eigenvalue weighted by molar-refractivity contribution is 6.62. The van der Waals surface area contributed by atoms with E-state index in [4.69, 9.17) is 26.6 Å². The summed E-state index contributed by atoms with van der Waals surface area (Å²) in [4.78, 5) is 4.18. The average Bonchev–Trinajstić information content (AvgIpc) is 2.35. The molecule has 1 fully saturated rings. The Bertz CT molecular complexity index is 435. The second kappa shape index (κ2) is 3.87. The summed E-state index contributed by atoms with van der Waals surface area (Å²) in [5.41, 5.74) is 6.14. The van der Waals surface area contributed by atoms with E-state index in [9.17, 15) is 0 Å². The Hall–Kier alpha value is -0.775. The lowest BCUT2D eigenvalue weighted by Crippen LogP contribution is -2.41. The van der Waals surface area contributed by atoms with Crippen LogP contribution in [0, 0.1) is 0 Å². The largest absolute Gasteiger partial charge is 0.516 e. The van der Waals surface area contributed by atoms with Crippen LogP contribution in [-0.2, 0) is 9.31 Å². The molecule has 0 radical (unpaired) electrons. The summed E-state index contributed by atoms with van der Waals surface area (Å²) >= 11 is 5.81. The molecule has 17 heavy (non-hydrogen) atoms. The maximum Gasteiger partial charge on any atom is 0.516 e. The van der Waals surface area contributed by atoms with Gasteiger partial charge in [-0.25, -0.2) is 0 Å². The summed E-state index contributed by atoms with van der Waals surface area (Å²) in [7, 11) is -0.544. The minimum atomic E-state index is -0.544. The Kier molecular flexibility index (Phi) is 2.88. The van der Waals surface area contributed by atoms with E-state index in [2.05, 4.69) is 4.98 Å². The number of halogens is 1. The highest BCUT2D eigenvalue weighted by Crippen LogP contribution is 2.36. The van der Waals surface area contributed by atoms with Crippen molar-refractivity contribution in [1.82, 2.24) is 4.98 Å². The van der Waals surface area contributed by atoms with Gasteiger partial charge in [-0.1, -0.05) is 11.6 Å². The number of anilines is 1. The second-order valence-electron chi connectivity index (χ2n) is 5.22. The fourth-order valence-corrected chi connectivity index (χ4v) is 1.78. The van der Waals surface area contributed by atoms with Crippen molar-refractivity contribution in [3.63, 3.8) is 0 Å². The van der Waals surface area contributed by atoms with E-state index < -0.39 is 18.3 Å². The van der Waals surface area contributed by atoms with E-state index in [0.717, 1.165) is 0 Å². The molecule has 0 aliphatic carbocycles. The van der Waals surface area contributed by atoms with Crippen molar-refractivity contribution in [1.29, 1.82) is 0 Å². The third kappa shape index (κ3) is 2.15. The van der Waals surface area contributed by atoms with Crippen LogP contribution in [0.4, 0.5) is 5.69 Å². The van der Waals surface area contributed by atoms with Gasteiger partial charge < -0.3 is 15.0 Å². The van der Waals surface area contributed by atoms with Crippen LogP contribution in [0.3, 0.4) is 0 Å². The third-order valence-electron chi connectivity index (χ3n) is 3.39. The molecule has 92 valence electrons. The number of pyridine rings is 1. The number of nitrogens with zero attached hydrogens (tertiary/aromatic N) is 1. The molecular weight excluding hydrogens is 238 g/mol. The standard InChI is InChI=1S/C11H16BClN2O2/c1-10(2)11(3,4)17-12(16-10)9-8(14)5-7(13)6-15-9/h5-6H,14H2,1-4H3. The van der Waals surface area contributed by atoms with Crippen LogP contribution in [0.5, 0.6) is 0 Å². The topological polar surface area (TPSA) is 57.4 Å². The molecule has 0 unspecified atom stereocenters. The van der Waals surface area contributed by atoms with E-state index in [1.165, 1.54) is 6.20 Å². The van der Waals surface area contributed by atoms with Crippen molar-refractivity contribution in [2.24, 2.45) is 0 Å². The average molecular weight is 255 g/mol. The fraction of sp³-hybridized carbons (Fsp3) is 0.545. The van der Waals surface area contributed by atoms with Gasteiger partial charge in [0.2, 0.25) is 0 Å². The number of hydrogen-bond donors (Lipinski definition) is 1. The maximum atomic E-state index is 5.87. The van der Waals surface area contributed by atoms with Crippen LogP contribution in [-0.4, -0.2) is 23.3 Å². The summed E-state index contributed by atoms with van der Waals surface area (Å²) in [5, 5.41) is 0.503. The van der Waals surface area contributed by atoms with Gasteiger partial charge in [0.25, 0.3) is 0 Å². The van der Waals surface area contributed by atoms with E-state index in [1.807, 2.05) is 27.7 Å². The lowest BCUT2D eigenvalue weighted by Gasteiger charge is -2.32. The Morgan fingerprint density at radius 3 is 2.24 bits per heavy atom. The number of aromatic nitrogens is 1. The van der Waals surface area contributed by atoms with Crippen molar-refractivity contribution >= 4 is 30.0 Å². The van der Waals surface area contributed by atoms with Gasteiger partial charge in [0.1, 0.15) is 0 Å². The molecule has 1 saturated heterocycles. The first kappa shape index (κ1) is 12.7. The first-order valence-corrected chi connectivity index (χ1v) is 5.87. The Morgan fingerprint density at radius 1 is 1.24 bits per heavy atom. The normalized spacial score (nSPS) is 21.8. The maximum absolute atomic E-state index is 5.87. The Morgan fingerprint density at radius 2 is 1.76 bits per heavy atom. The van der Waals surface area contributed by atoms with Crippen LogP contribution in [0.15, 0.2) is 12.3 Å². The highest BCUT2D eigenvalue weighted by Gasteiger charge is 2.52. The molecule has 1 aromatic heterocycles. The lowest BCUT2D eigenvalue weighted by molar-refractivity contribution is 0.00578. The lowest BCUT2D eigenvalue weighted by atomic mass is 9.83. The minimum Gasteiger partial charge on any atom is -0.398 e. The number of hydrogen-bond acceptors (Lipinski definition) is 4. The van der Waals surface area contributed by atoms with Crippen LogP contribution in [0.2, 0.25) is 5.02 Å². The molecular formula is C11H16BClN2O2. The van der Waals surface area contributed by atoms with Crippen LogP contribution >= 0.6 is 11.6 Å². The van der Waals surface area contributed by atoms with Crippen LogP contribution in [0.1, 0.15) is 27.7 Å². The van der Waals surface area contributed by atoms with E-state index in [-0.39, 0.29) is 0 Å². The minimum absolute atomic E-state index is 0.397. The van der Waals surface area contributed by atoms with Gasteiger partial charge >= 0.3 is 7.12 Å². The monoisotopic (exact) mass is 254 g/mol. The van der Waals surface area contributed by atoms with Crippen LogP contribution in [0.25, 0.3) is 0 Å². The zero-order valence-electron chi connectivity index (χ0n) is 10.5. The van der Waals surface area contributed by atoms with Gasteiger partial charge in [0.15, 0.2) is 0 Å². The summed E-state index contributed by atoms with van der Waals surface area (Å²) in [5.74, 6) is 0. The second-order valence-corrected chi connectivity index (χ2v) is 5.65. The van der Waals surface area contributed by atoms with E-state index in [1.54, 1.807) is 6.07 Å². The molecule has 2 N–H and O–H groups in total. The first-order valence-electron chi connectivity index (χ1n) is 5.49. The van der Waals surface area contributed by atoms with Crippen molar-refractivity contribution in [3.8, 4) is 0 Å². The van der Waals surface area contributed by atoms with Crippen molar-refractivity contribution in [2.45, 2.75) is 38.9 Å². The molecule has 0 bridgehead atoms. The predicted molar refractivity (Wildman–Crippen MR) is 69.4 cm³/mol. The van der Waals surface area contributed by atoms with Crippen molar-refractivity contribution in [3.05, 3.63) is 17.3 Å². The molecule has 6 heteroatoms. The number of nitrogens with two attached hydrogens (primary N) is 1. The van der Waals surface area contributed by atoms with Gasteiger partial charge in [0.05, 0.1) is 27.5 Å². The number of nitrogen functional groups attached to an aromatic ring is 1. The molecule has 2 rings (SSSR count).